The van der Waals surface area contributed by atoms with Crippen molar-refractivity contribution in [1.29, 1.82) is 0 Å². The van der Waals surface area contributed by atoms with Crippen LogP contribution in [-0.2, 0) is 6.42 Å². The Morgan fingerprint density at radius 3 is 2.67 bits per heavy atom. The minimum Gasteiger partial charge on any atom is -0.496 e. The van der Waals surface area contributed by atoms with Crippen LogP contribution < -0.4 is 4.74 Å². The van der Waals surface area contributed by atoms with Crippen LogP contribution in [0.3, 0.4) is 0 Å². The molecule has 0 aliphatic heterocycles. The number of unbranched alkanes of at least 4 members (excludes halogenated alkanes) is 1. The highest BCUT2D eigenvalue weighted by Crippen LogP contribution is 2.32. The Bertz CT molecular complexity index is 877. The van der Waals surface area contributed by atoms with Crippen LogP contribution in [0.4, 0.5) is 0 Å². The van der Waals surface area contributed by atoms with Crippen LogP contribution in [0.15, 0.2) is 36.4 Å². The van der Waals surface area contributed by atoms with E-state index in [1.807, 2.05) is 19.1 Å². The number of aromatic nitrogens is 1. The number of benzene rings is 2. The lowest BCUT2D eigenvalue weighted by Gasteiger charge is -2.07. The minimum atomic E-state index is 0.730. The van der Waals surface area contributed by atoms with Crippen molar-refractivity contribution in [1.82, 2.24) is 4.98 Å². The molecule has 1 N–H and O–H groups in total. The van der Waals surface area contributed by atoms with Gasteiger partial charge in [-0.15, -0.1) is 0 Å². The lowest BCUT2D eigenvalue weighted by atomic mass is 10.0. The quantitative estimate of drug-likeness (QED) is 0.625. The fraction of sp³-hybridized carbons (Fsp3) is 0.286. The number of hydrogen-bond donors (Lipinski definition) is 1. The molecule has 1 heterocycles. The Kier molecular flexibility index (Phi) is 4.70. The molecule has 0 aliphatic carbocycles. The highest BCUT2D eigenvalue weighted by Gasteiger charge is 2.14. The van der Waals surface area contributed by atoms with Gasteiger partial charge in [0.2, 0.25) is 0 Å². The van der Waals surface area contributed by atoms with E-state index in [2.05, 4.69) is 36.2 Å². The SMILES string of the molecule is CCCCc1ccc2[nH]c(-c3ccc(OC)c(C)c3)c(C=O)c2c1. The van der Waals surface area contributed by atoms with E-state index in [9.17, 15) is 4.79 Å². The number of ether oxygens (including phenoxy) is 1. The maximum atomic E-state index is 11.8. The number of aromatic amines is 1. The molecule has 3 nitrogen and oxygen atoms in total. The number of hydrogen-bond acceptors (Lipinski definition) is 2. The van der Waals surface area contributed by atoms with E-state index in [1.54, 1.807) is 7.11 Å². The van der Waals surface area contributed by atoms with E-state index in [-0.39, 0.29) is 0 Å². The third-order valence-electron chi connectivity index (χ3n) is 4.52. The van der Waals surface area contributed by atoms with Crippen molar-refractivity contribution in [2.24, 2.45) is 0 Å². The molecule has 0 aliphatic rings. The topological polar surface area (TPSA) is 42.1 Å². The summed E-state index contributed by atoms with van der Waals surface area (Å²) in [6.45, 7) is 4.20. The molecule has 0 saturated heterocycles. The first kappa shape index (κ1) is 16.3. The molecule has 0 fully saturated rings. The summed E-state index contributed by atoms with van der Waals surface area (Å²) >= 11 is 0. The molecule has 0 amide bonds. The first-order valence-electron chi connectivity index (χ1n) is 8.42. The Hall–Kier alpha value is -2.55. The molecule has 24 heavy (non-hydrogen) atoms. The van der Waals surface area contributed by atoms with Gasteiger partial charge >= 0.3 is 0 Å². The summed E-state index contributed by atoms with van der Waals surface area (Å²) in [6, 6.07) is 12.3. The average Bonchev–Trinajstić information content (AvgIpc) is 2.97. The van der Waals surface area contributed by atoms with Crippen LogP contribution >= 0.6 is 0 Å². The molecule has 3 aromatic rings. The summed E-state index contributed by atoms with van der Waals surface area (Å²) in [5.41, 5.74) is 5.94. The fourth-order valence-electron chi connectivity index (χ4n) is 3.18. The number of aryl methyl sites for hydroxylation is 2. The van der Waals surface area contributed by atoms with E-state index in [0.717, 1.165) is 58.2 Å². The van der Waals surface area contributed by atoms with Gasteiger partial charge in [-0.25, -0.2) is 0 Å². The van der Waals surface area contributed by atoms with Gasteiger partial charge in [0.05, 0.1) is 12.8 Å². The van der Waals surface area contributed by atoms with Gasteiger partial charge in [-0.3, -0.25) is 4.79 Å². The van der Waals surface area contributed by atoms with Crippen molar-refractivity contribution in [3.8, 4) is 17.0 Å². The third-order valence-corrected chi connectivity index (χ3v) is 4.52. The molecule has 0 unspecified atom stereocenters. The molecule has 3 rings (SSSR count). The van der Waals surface area contributed by atoms with Crippen LogP contribution in [0.2, 0.25) is 0 Å². The zero-order chi connectivity index (χ0) is 17.1. The highest BCUT2D eigenvalue weighted by molar-refractivity contribution is 6.04. The molecule has 1 aromatic heterocycles. The predicted molar refractivity (Wildman–Crippen MR) is 99.0 cm³/mol. The predicted octanol–water partition coefficient (Wildman–Crippen LogP) is 5.31. The van der Waals surface area contributed by atoms with Gasteiger partial charge in [0, 0.05) is 16.5 Å². The molecule has 0 saturated carbocycles. The van der Waals surface area contributed by atoms with E-state index in [0.29, 0.717) is 0 Å². The number of carbonyl (C=O) groups excluding carboxylic acids is 1. The summed E-state index contributed by atoms with van der Waals surface area (Å²) in [6.07, 6.45) is 4.34. The van der Waals surface area contributed by atoms with Crippen LogP contribution in [0, 0.1) is 6.92 Å². The summed E-state index contributed by atoms with van der Waals surface area (Å²) in [4.78, 5) is 15.2. The Labute approximate surface area is 142 Å². The summed E-state index contributed by atoms with van der Waals surface area (Å²) in [5.74, 6) is 0.851. The zero-order valence-electron chi connectivity index (χ0n) is 14.5. The van der Waals surface area contributed by atoms with Gasteiger partial charge in [-0.2, -0.15) is 0 Å². The highest BCUT2D eigenvalue weighted by atomic mass is 16.5. The number of aldehydes is 1. The molecule has 3 heteroatoms. The van der Waals surface area contributed by atoms with Gasteiger partial charge in [0.25, 0.3) is 0 Å². The fourth-order valence-corrected chi connectivity index (χ4v) is 3.18. The molecule has 2 aromatic carbocycles. The van der Waals surface area contributed by atoms with Crippen molar-refractivity contribution < 1.29 is 9.53 Å². The van der Waals surface area contributed by atoms with Gasteiger partial charge < -0.3 is 9.72 Å². The van der Waals surface area contributed by atoms with Gasteiger partial charge in [-0.1, -0.05) is 19.4 Å². The van der Waals surface area contributed by atoms with E-state index < -0.39 is 0 Å². The van der Waals surface area contributed by atoms with Crippen LogP contribution in [0.5, 0.6) is 5.75 Å². The first-order chi connectivity index (χ1) is 11.7. The van der Waals surface area contributed by atoms with E-state index in [1.165, 1.54) is 12.0 Å². The molecule has 0 spiro atoms. The van der Waals surface area contributed by atoms with Crippen molar-refractivity contribution in [3.05, 3.63) is 53.1 Å². The van der Waals surface area contributed by atoms with Crippen molar-refractivity contribution in [2.45, 2.75) is 33.1 Å². The van der Waals surface area contributed by atoms with Crippen molar-refractivity contribution in [3.63, 3.8) is 0 Å². The Balaban J connectivity index is 2.11. The van der Waals surface area contributed by atoms with Crippen molar-refractivity contribution in [2.75, 3.05) is 7.11 Å². The third kappa shape index (κ3) is 2.94. The monoisotopic (exact) mass is 321 g/mol. The number of H-pyrrole nitrogens is 1. The normalized spacial score (nSPS) is 11.0. The largest absolute Gasteiger partial charge is 0.496 e. The van der Waals surface area contributed by atoms with Gasteiger partial charge in [-0.05, 0) is 66.8 Å². The van der Waals surface area contributed by atoms with E-state index >= 15 is 0 Å². The summed E-state index contributed by atoms with van der Waals surface area (Å²) in [7, 11) is 1.67. The van der Waals surface area contributed by atoms with Gasteiger partial charge in [0.15, 0.2) is 6.29 Å². The molecular weight excluding hydrogens is 298 g/mol. The molecule has 124 valence electrons. The maximum absolute atomic E-state index is 11.8. The van der Waals surface area contributed by atoms with Crippen LogP contribution in [-0.4, -0.2) is 18.4 Å². The van der Waals surface area contributed by atoms with Crippen molar-refractivity contribution >= 4 is 17.2 Å². The Morgan fingerprint density at radius 1 is 1.17 bits per heavy atom. The molecule has 0 bridgehead atoms. The summed E-state index contributed by atoms with van der Waals surface area (Å²) < 4.78 is 5.32. The second-order valence-corrected chi connectivity index (χ2v) is 6.20. The van der Waals surface area contributed by atoms with E-state index in [4.69, 9.17) is 4.74 Å². The smallest absolute Gasteiger partial charge is 0.152 e. The average molecular weight is 321 g/mol. The second kappa shape index (κ2) is 6.91. The molecule has 0 radical (unpaired) electrons. The number of rotatable bonds is 6. The van der Waals surface area contributed by atoms with Crippen LogP contribution in [0.1, 0.15) is 41.3 Å². The standard InChI is InChI=1S/C21H23NO2/c1-4-5-6-15-7-9-19-17(12-15)18(13-23)21(22-19)16-8-10-20(24-3)14(2)11-16/h7-13,22H,4-6H2,1-3H3. The molecule has 0 atom stereocenters. The van der Waals surface area contributed by atoms with Gasteiger partial charge in [0.1, 0.15) is 5.75 Å². The number of methoxy groups -OCH3 is 1. The number of carbonyl (C=O) groups is 1. The minimum absolute atomic E-state index is 0.730. The maximum Gasteiger partial charge on any atom is 0.152 e. The lowest BCUT2D eigenvalue weighted by Crippen LogP contribution is -1.90. The number of nitrogens with one attached hydrogen (secondary N) is 1. The zero-order valence-corrected chi connectivity index (χ0v) is 14.5. The van der Waals surface area contributed by atoms with Crippen LogP contribution in [0.25, 0.3) is 22.2 Å². The Morgan fingerprint density at radius 2 is 2.00 bits per heavy atom. The molecular formula is C21H23NO2. The summed E-state index contributed by atoms with van der Waals surface area (Å²) in [5, 5.41) is 1.00. The number of fused-ring (bicyclic) bond motifs is 1. The second-order valence-electron chi connectivity index (χ2n) is 6.20. The lowest BCUT2D eigenvalue weighted by molar-refractivity contribution is 0.112. The first-order valence-corrected chi connectivity index (χ1v) is 8.42.